The van der Waals surface area contributed by atoms with Gasteiger partial charge in [0.15, 0.2) is 0 Å². The van der Waals surface area contributed by atoms with Crippen LogP contribution in [0.4, 0.5) is 11.4 Å². The molecule has 2 aromatic carbocycles. The van der Waals surface area contributed by atoms with Crippen LogP contribution in [-0.4, -0.2) is 29.5 Å². The first-order chi connectivity index (χ1) is 12.9. The zero-order chi connectivity index (χ0) is 19.8. The third kappa shape index (κ3) is 5.63. The molecule has 0 spiro atoms. The lowest BCUT2D eigenvalue weighted by atomic mass is 10.1. The number of ether oxygens (including phenoxy) is 2. The zero-order valence-electron chi connectivity index (χ0n) is 14.4. The van der Waals surface area contributed by atoms with Gasteiger partial charge in [0.2, 0.25) is 0 Å². The molecular weight excluding hydrogens is 356 g/mol. The van der Waals surface area contributed by atoms with E-state index in [1.807, 2.05) is 0 Å². The van der Waals surface area contributed by atoms with Gasteiger partial charge in [-0.3, -0.25) is 20.2 Å². The number of carbonyl (C=O) groups is 1. The summed E-state index contributed by atoms with van der Waals surface area (Å²) < 4.78 is 10.1. The second kappa shape index (κ2) is 9.09. The Morgan fingerprint density at radius 2 is 1.78 bits per heavy atom. The molecule has 0 aliphatic carbocycles. The summed E-state index contributed by atoms with van der Waals surface area (Å²) in [5.74, 6) is 0.0924. The van der Waals surface area contributed by atoms with Crippen molar-refractivity contribution in [3.05, 3.63) is 79.9 Å². The molecule has 0 aliphatic rings. The number of hydrogen-bond acceptors (Lipinski definition) is 7. The number of nitro benzene ring substituents is 2. The van der Waals surface area contributed by atoms with E-state index in [-0.39, 0.29) is 30.0 Å². The van der Waals surface area contributed by atoms with Crippen LogP contribution in [-0.2, 0) is 16.0 Å². The Bertz CT molecular complexity index is 876. The molecule has 0 saturated carbocycles. The summed E-state index contributed by atoms with van der Waals surface area (Å²) in [6.07, 6.45) is 2.87. The van der Waals surface area contributed by atoms with Crippen LogP contribution in [0, 0.1) is 20.2 Å². The Morgan fingerprint density at radius 1 is 1.07 bits per heavy atom. The average molecular weight is 372 g/mol. The Labute approximate surface area is 154 Å². The predicted molar refractivity (Wildman–Crippen MR) is 96.4 cm³/mol. The normalized spacial score (nSPS) is 10.6. The van der Waals surface area contributed by atoms with E-state index in [1.165, 1.54) is 18.2 Å². The molecule has 2 aromatic rings. The topological polar surface area (TPSA) is 122 Å². The van der Waals surface area contributed by atoms with Crippen LogP contribution in [0.5, 0.6) is 5.75 Å². The number of nitro groups is 2. The summed E-state index contributed by atoms with van der Waals surface area (Å²) >= 11 is 0. The van der Waals surface area contributed by atoms with Gasteiger partial charge < -0.3 is 9.47 Å². The highest BCUT2D eigenvalue weighted by Crippen LogP contribution is 2.25. The number of carbonyl (C=O) groups excluding carboxylic acids is 1. The van der Waals surface area contributed by atoms with Crippen LogP contribution in [0.25, 0.3) is 6.08 Å². The van der Waals surface area contributed by atoms with E-state index in [0.29, 0.717) is 5.75 Å². The molecule has 9 heteroatoms. The maximum Gasteiger partial charge on any atom is 0.330 e. The van der Waals surface area contributed by atoms with E-state index < -0.39 is 15.8 Å². The lowest BCUT2D eigenvalue weighted by Gasteiger charge is -2.04. The fourth-order valence-electron chi connectivity index (χ4n) is 2.24. The standard InChI is InChI=1S/C18H16N2O7/c1-26-16-7-2-13(3-8-16)4-9-18(21)27-11-10-14-5-6-15(19(22)23)12-17(14)20(24)25/h2-9,12H,10-11H2,1H3/b9-4+. The van der Waals surface area contributed by atoms with Crippen LogP contribution in [0.1, 0.15) is 11.1 Å². The van der Waals surface area contributed by atoms with Crippen LogP contribution in [0.15, 0.2) is 48.5 Å². The van der Waals surface area contributed by atoms with Gasteiger partial charge in [0.25, 0.3) is 11.4 Å². The highest BCUT2D eigenvalue weighted by Gasteiger charge is 2.19. The van der Waals surface area contributed by atoms with Crippen molar-refractivity contribution < 1.29 is 24.1 Å². The van der Waals surface area contributed by atoms with Crippen molar-refractivity contribution in [2.45, 2.75) is 6.42 Å². The van der Waals surface area contributed by atoms with Gasteiger partial charge in [-0.05, 0) is 29.8 Å². The van der Waals surface area contributed by atoms with Gasteiger partial charge in [0, 0.05) is 24.1 Å². The molecular formula is C18H16N2O7. The molecule has 0 saturated heterocycles. The van der Waals surface area contributed by atoms with E-state index in [9.17, 15) is 25.0 Å². The summed E-state index contributed by atoms with van der Waals surface area (Å²) in [5.41, 5.74) is 0.273. The fourth-order valence-corrected chi connectivity index (χ4v) is 2.24. The molecule has 0 amide bonds. The van der Waals surface area contributed by atoms with E-state index >= 15 is 0 Å². The summed E-state index contributed by atoms with van der Waals surface area (Å²) in [6.45, 7) is -0.0928. The van der Waals surface area contributed by atoms with Crippen LogP contribution in [0.2, 0.25) is 0 Å². The predicted octanol–water partition coefficient (Wildman–Crippen LogP) is 3.31. The zero-order valence-corrected chi connectivity index (χ0v) is 14.4. The van der Waals surface area contributed by atoms with Crippen molar-refractivity contribution >= 4 is 23.4 Å². The maximum absolute atomic E-state index is 11.7. The second-order valence-corrected chi connectivity index (χ2v) is 5.35. The Hall–Kier alpha value is -3.75. The highest BCUT2D eigenvalue weighted by atomic mass is 16.6. The van der Waals surface area contributed by atoms with E-state index in [2.05, 4.69) is 0 Å². The third-order valence-electron chi connectivity index (χ3n) is 3.62. The smallest absolute Gasteiger partial charge is 0.330 e. The highest BCUT2D eigenvalue weighted by molar-refractivity contribution is 5.87. The van der Waals surface area contributed by atoms with Crippen molar-refractivity contribution in [3.8, 4) is 5.75 Å². The number of nitrogens with zero attached hydrogens (tertiary/aromatic N) is 2. The monoisotopic (exact) mass is 372 g/mol. The molecule has 27 heavy (non-hydrogen) atoms. The second-order valence-electron chi connectivity index (χ2n) is 5.35. The molecule has 0 aliphatic heterocycles. The number of methoxy groups -OCH3 is 1. The van der Waals surface area contributed by atoms with E-state index in [4.69, 9.17) is 9.47 Å². The SMILES string of the molecule is COc1ccc(/C=C/C(=O)OCCc2ccc([N+](=O)[O-])cc2[N+](=O)[O-])cc1. The number of hydrogen-bond donors (Lipinski definition) is 0. The Balaban J connectivity index is 1.93. The Morgan fingerprint density at radius 3 is 2.37 bits per heavy atom. The fraction of sp³-hybridized carbons (Fsp3) is 0.167. The quantitative estimate of drug-likeness (QED) is 0.301. The molecule has 0 fully saturated rings. The van der Waals surface area contributed by atoms with Gasteiger partial charge in [-0.25, -0.2) is 4.79 Å². The van der Waals surface area contributed by atoms with Gasteiger partial charge in [0.1, 0.15) is 5.75 Å². The molecule has 140 valence electrons. The molecule has 9 nitrogen and oxygen atoms in total. The molecule has 0 aromatic heterocycles. The lowest BCUT2D eigenvalue weighted by molar-refractivity contribution is -0.394. The van der Waals surface area contributed by atoms with E-state index in [1.54, 1.807) is 37.5 Å². The van der Waals surface area contributed by atoms with Gasteiger partial charge in [-0.1, -0.05) is 12.1 Å². The number of rotatable bonds is 8. The van der Waals surface area contributed by atoms with E-state index in [0.717, 1.165) is 11.6 Å². The molecule has 0 N–H and O–H groups in total. The first kappa shape index (κ1) is 19.6. The van der Waals surface area contributed by atoms with Crippen molar-refractivity contribution in [1.29, 1.82) is 0 Å². The third-order valence-corrected chi connectivity index (χ3v) is 3.62. The minimum atomic E-state index is -0.708. The van der Waals surface area contributed by atoms with Crippen LogP contribution < -0.4 is 4.74 Å². The summed E-state index contributed by atoms with van der Waals surface area (Å²) in [4.78, 5) is 32.1. The molecule has 0 atom stereocenters. The minimum Gasteiger partial charge on any atom is -0.497 e. The maximum atomic E-state index is 11.7. The lowest BCUT2D eigenvalue weighted by Crippen LogP contribution is -2.06. The number of esters is 1. The molecule has 0 unspecified atom stereocenters. The van der Waals surface area contributed by atoms with Crippen LogP contribution >= 0.6 is 0 Å². The molecule has 0 bridgehead atoms. The molecule has 0 radical (unpaired) electrons. The van der Waals surface area contributed by atoms with Crippen molar-refractivity contribution in [3.63, 3.8) is 0 Å². The molecule has 2 rings (SSSR count). The molecule has 0 heterocycles. The average Bonchev–Trinajstić information content (AvgIpc) is 2.66. The largest absolute Gasteiger partial charge is 0.497 e. The summed E-state index contributed by atoms with van der Waals surface area (Å²) in [6, 6.07) is 10.4. The van der Waals surface area contributed by atoms with Gasteiger partial charge in [0.05, 0.1) is 29.6 Å². The van der Waals surface area contributed by atoms with Crippen molar-refractivity contribution in [2.75, 3.05) is 13.7 Å². The Kier molecular flexibility index (Phi) is 6.59. The number of benzene rings is 2. The summed E-state index contributed by atoms with van der Waals surface area (Å²) in [7, 11) is 1.55. The first-order valence-corrected chi connectivity index (χ1v) is 7.81. The minimum absolute atomic E-state index is 0.0659. The summed E-state index contributed by atoms with van der Waals surface area (Å²) in [5, 5.41) is 21.8. The van der Waals surface area contributed by atoms with Gasteiger partial charge >= 0.3 is 5.97 Å². The number of non-ortho nitro benzene ring substituents is 1. The van der Waals surface area contributed by atoms with Gasteiger partial charge in [-0.15, -0.1) is 0 Å². The first-order valence-electron chi connectivity index (χ1n) is 7.81. The van der Waals surface area contributed by atoms with Crippen molar-refractivity contribution in [2.24, 2.45) is 0 Å². The van der Waals surface area contributed by atoms with Crippen molar-refractivity contribution in [1.82, 2.24) is 0 Å². The van der Waals surface area contributed by atoms with Gasteiger partial charge in [-0.2, -0.15) is 0 Å². The van der Waals surface area contributed by atoms with Crippen LogP contribution in [0.3, 0.4) is 0 Å².